The van der Waals surface area contributed by atoms with Crippen LogP contribution < -0.4 is 4.74 Å². The molecule has 4 heterocycles. The van der Waals surface area contributed by atoms with Gasteiger partial charge in [-0.25, -0.2) is 0 Å². The van der Waals surface area contributed by atoms with Gasteiger partial charge in [0.2, 0.25) is 5.89 Å². The van der Waals surface area contributed by atoms with E-state index in [1.165, 1.54) is 0 Å². The number of fused-ring (bicyclic) bond motifs is 3. The van der Waals surface area contributed by atoms with E-state index in [2.05, 4.69) is 21.6 Å². The van der Waals surface area contributed by atoms with Crippen molar-refractivity contribution in [3.8, 4) is 5.75 Å². The van der Waals surface area contributed by atoms with Crippen LogP contribution in [-0.2, 0) is 5.41 Å². The van der Waals surface area contributed by atoms with E-state index in [0.29, 0.717) is 24.7 Å². The number of para-hydroxylation sites is 1. The molecule has 2 bridgehead atoms. The molecule has 3 fully saturated rings. The molecule has 0 amide bonds. The van der Waals surface area contributed by atoms with E-state index < -0.39 is 17.1 Å². The third-order valence-corrected chi connectivity index (χ3v) is 6.00. The summed E-state index contributed by atoms with van der Waals surface area (Å²) < 4.78 is 11.6. The van der Waals surface area contributed by atoms with Crippen molar-refractivity contribution in [2.75, 3.05) is 19.7 Å². The Morgan fingerprint density at radius 1 is 1.33 bits per heavy atom. The molecule has 3 saturated heterocycles. The summed E-state index contributed by atoms with van der Waals surface area (Å²) in [4.78, 5) is 6.81. The SMILES string of the molecule is C=CCC1(COc2ccccc2)C(O)C2(c3nc(C)no3)CCN1CC2.[B]. The number of benzene rings is 1. The highest BCUT2D eigenvalue weighted by Crippen LogP contribution is 2.51. The number of aryl methyl sites for hydroxylation is 1. The Kier molecular flexibility index (Phi) is 5.44. The van der Waals surface area contributed by atoms with Crippen molar-refractivity contribution in [3.63, 3.8) is 0 Å². The molecule has 6 nitrogen and oxygen atoms in total. The van der Waals surface area contributed by atoms with Crippen LogP contribution in [0, 0.1) is 6.92 Å². The minimum Gasteiger partial charge on any atom is -0.492 e. The highest BCUT2D eigenvalue weighted by Gasteiger charge is 2.63. The van der Waals surface area contributed by atoms with E-state index >= 15 is 0 Å². The van der Waals surface area contributed by atoms with Crippen LogP contribution in [0.25, 0.3) is 0 Å². The van der Waals surface area contributed by atoms with Gasteiger partial charge < -0.3 is 14.4 Å². The van der Waals surface area contributed by atoms with Crippen LogP contribution in [-0.4, -0.2) is 59.9 Å². The summed E-state index contributed by atoms with van der Waals surface area (Å²) in [6, 6.07) is 9.72. The summed E-state index contributed by atoms with van der Waals surface area (Å²) in [5.41, 5.74) is -1.06. The summed E-state index contributed by atoms with van der Waals surface area (Å²) in [6.07, 6.45) is 3.44. The quantitative estimate of drug-likeness (QED) is 0.624. The number of nitrogens with zero attached hydrogens (tertiary/aromatic N) is 3. The lowest BCUT2D eigenvalue weighted by molar-refractivity contribution is -0.169. The molecule has 3 aliphatic rings. The number of aliphatic hydroxyl groups is 1. The topological polar surface area (TPSA) is 71.6 Å². The van der Waals surface area contributed by atoms with E-state index in [-0.39, 0.29) is 8.41 Å². The summed E-state index contributed by atoms with van der Waals surface area (Å²) in [6.45, 7) is 7.86. The molecule has 27 heavy (non-hydrogen) atoms. The molecule has 1 aromatic heterocycles. The summed E-state index contributed by atoms with van der Waals surface area (Å²) in [5.74, 6) is 1.95. The zero-order valence-electron chi connectivity index (χ0n) is 15.7. The predicted octanol–water partition coefficient (Wildman–Crippen LogP) is 2.10. The molecule has 1 aromatic carbocycles. The van der Waals surface area contributed by atoms with Gasteiger partial charge in [0.1, 0.15) is 12.4 Å². The first kappa shape index (κ1) is 19.6. The number of rotatable bonds is 6. The molecule has 3 aliphatic heterocycles. The maximum atomic E-state index is 11.5. The van der Waals surface area contributed by atoms with Crippen LogP contribution in [0.4, 0.5) is 0 Å². The molecule has 0 aliphatic carbocycles. The van der Waals surface area contributed by atoms with E-state index in [9.17, 15) is 5.11 Å². The normalized spacial score (nSPS) is 31.9. The molecule has 2 unspecified atom stereocenters. The number of hydrogen-bond acceptors (Lipinski definition) is 6. The Labute approximate surface area is 161 Å². The Morgan fingerprint density at radius 3 is 2.63 bits per heavy atom. The minimum atomic E-state index is -0.668. The maximum absolute atomic E-state index is 11.5. The van der Waals surface area contributed by atoms with E-state index in [0.717, 1.165) is 31.7 Å². The van der Waals surface area contributed by atoms with Gasteiger partial charge in [0, 0.05) is 21.5 Å². The van der Waals surface area contributed by atoms with Gasteiger partial charge in [-0.05, 0) is 38.3 Å². The highest BCUT2D eigenvalue weighted by atomic mass is 16.5. The van der Waals surface area contributed by atoms with Gasteiger partial charge in [-0.1, -0.05) is 29.4 Å². The standard InChI is InChI=1S/C20H25N3O3.B/c1-3-9-20(14-25-16-7-5-4-6-8-16)17(24)19(10-12-23(20)13-11-19)18-21-15(2)22-26-18;/h3-8,17,24H,1,9-14H2,2H3;. The van der Waals surface area contributed by atoms with Crippen LogP contribution >= 0.6 is 0 Å². The molecule has 2 aromatic rings. The van der Waals surface area contributed by atoms with E-state index in [1.807, 2.05) is 43.3 Å². The first-order valence-corrected chi connectivity index (χ1v) is 9.13. The summed E-state index contributed by atoms with van der Waals surface area (Å²) in [5, 5.41) is 15.5. The fourth-order valence-corrected chi connectivity index (χ4v) is 4.59. The monoisotopic (exact) mass is 366 g/mol. The first-order valence-electron chi connectivity index (χ1n) is 9.13. The Morgan fingerprint density at radius 2 is 2.04 bits per heavy atom. The Balaban J connectivity index is 0.00000210. The number of piperidine rings is 3. The minimum absolute atomic E-state index is 0. The van der Waals surface area contributed by atoms with Crippen molar-refractivity contribution in [2.45, 2.75) is 43.2 Å². The predicted molar refractivity (Wildman–Crippen MR) is 103 cm³/mol. The lowest BCUT2D eigenvalue weighted by atomic mass is 9.60. The van der Waals surface area contributed by atoms with Crippen LogP contribution in [0.5, 0.6) is 5.75 Å². The van der Waals surface area contributed by atoms with Gasteiger partial charge in [-0.15, -0.1) is 6.58 Å². The highest BCUT2D eigenvalue weighted by molar-refractivity contribution is 5.75. The molecule has 0 saturated carbocycles. The van der Waals surface area contributed by atoms with Crippen molar-refractivity contribution < 1.29 is 14.4 Å². The van der Waals surface area contributed by atoms with Gasteiger partial charge in [-0.2, -0.15) is 4.98 Å². The van der Waals surface area contributed by atoms with Crippen LogP contribution in [0.2, 0.25) is 0 Å². The molecule has 7 heteroatoms. The lowest BCUT2D eigenvalue weighted by Gasteiger charge is -2.60. The number of ether oxygens (including phenoxy) is 1. The van der Waals surface area contributed by atoms with Crippen molar-refractivity contribution in [2.24, 2.45) is 0 Å². The van der Waals surface area contributed by atoms with Gasteiger partial charge in [0.25, 0.3) is 0 Å². The van der Waals surface area contributed by atoms with Gasteiger partial charge >= 0.3 is 0 Å². The second-order valence-corrected chi connectivity index (χ2v) is 7.39. The Bertz CT molecular complexity index is 774. The molecular formula is C20H25BN3O3. The van der Waals surface area contributed by atoms with E-state index in [1.54, 1.807) is 0 Å². The van der Waals surface area contributed by atoms with Crippen LogP contribution in [0.15, 0.2) is 47.5 Å². The number of aromatic nitrogens is 2. The van der Waals surface area contributed by atoms with E-state index in [4.69, 9.17) is 9.26 Å². The van der Waals surface area contributed by atoms with Crippen molar-refractivity contribution in [1.29, 1.82) is 0 Å². The largest absolute Gasteiger partial charge is 0.492 e. The van der Waals surface area contributed by atoms with Crippen molar-refractivity contribution >= 4 is 8.41 Å². The fourth-order valence-electron chi connectivity index (χ4n) is 4.59. The average Bonchev–Trinajstić information content (AvgIpc) is 3.12. The zero-order chi connectivity index (χ0) is 18.2. The van der Waals surface area contributed by atoms with Crippen molar-refractivity contribution in [3.05, 3.63) is 54.7 Å². The van der Waals surface area contributed by atoms with Crippen LogP contribution in [0.1, 0.15) is 31.0 Å². The first-order chi connectivity index (χ1) is 12.6. The molecule has 0 spiro atoms. The molecular weight excluding hydrogens is 341 g/mol. The lowest BCUT2D eigenvalue weighted by Crippen LogP contribution is -2.74. The van der Waals surface area contributed by atoms with Crippen molar-refractivity contribution in [1.82, 2.24) is 15.0 Å². The van der Waals surface area contributed by atoms with Gasteiger partial charge in [0.15, 0.2) is 5.82 Å². The molecule has 5 rings (SSSR count). The second-order valence-electron chi connectivity index (χ2n) is 7.39. The molecule has 1 N–H and O–H groups in total. The molecule has 3 radical (unpaired) electrons. The molecule has 141 valence electrons. The summed E-state index contributed by atoms with van der Waals surface area (Å²) in [7, 11) is 0. The van der Waals surface area contributed by atoms with Gasteiger partial charge in [-0.3, -0.25) is 4.90 Å². The third kappa shape index (κ3) is 3.09. The summed E-state index contributed by atoms with van der Waals surface area (Å²) >= 11 is 0. The zero-order valence-corrected chi connectivity index (χ0v) is 15.7. The Hall–Kier alpha value is -2.12. The second kappa shape index (κ2) is 7.48. The smallest absolute Gasteiger partial charge is 0.235 e. The average molecular weight is 366 g/mol. The van der Waals surface area contributed by atoms with Crippen LogP contribution in [0.3, 0.4) is 0 Å². The number of aliphatic hydroxyl groups excluding tert-OH is 1. The number of hydrogen-bond donors (Lipinski definition) is 1. The molecule has 2 atom stereocenters. The maximum Gasteiger partial charge on any atom is 0.235 e. The third-order valence-electron chi connectivity index (χ3n) is 6.00. The fraction of sp³-hybridized carbons (Fsp3) is 0.500. The van der Waals surface area contributed by atoms with Gasteiger partial charge in [0.05, 0.1) is 17.1 Å².